The monoisotopic (exact) mass is 348 g/mol. The van der Waals surface area contributed by atoms with Crippen molar-refractivity contribution in [2.45, 2.75) is 12.6 Å². The van der Waals surface area contributed by atoms with Crippen LogP contribution in [0.2, 0.25) is 0 Å². The van der Waals surface area contributed by atoms with E-state index < -0.39 is 29.6 Å². The molecule has 0 spiro atoms. The molecular weight excluding hydrogens is 346 g/mol. The molecule has 0 bridgehead atoms. The molecule has 8 heteroatoms. The second-order valence-corrected chi connectivity index (χ2v) is 3.82. The van der Waals surface area contributed by atoms with Crippen molar-refractivity contribution in [2.24, 2.45) is 0 Å². The van der Waals surface area contributed by atoms with Crippen molar-refractivity contribution in [1.29, 1.82) is 5.26 Å². The minimum absolute atomic E-state index is 0.114. The minimum atomic E-state index is -4.91. The maximum absolute atomic E-state index is 12.4. The van der Waals surface area contributed by atoms with Crippen molar-refractivity contribution in [3.05, 3.63) is 26.6 Å². The lowest BCUT2D eigenvalue weighted by Gasteiger charge is -2.12. The number of hydrogen-bond donors (Lipinski definition) is 0. The van der Waals surface area contributed by atoms with Gasteiger partial charge in [0, 0.05) is 0 Å². The first kappa shape index (κ1) is 13.1. The van der Waals surface area contributed by atoms with E-state index in [-0.39, 0.29) is 3.57 Å². The third kappa shape index (κ3) is 2.58. The van der Waals surface area contributed by atoms with Crippen LogP contribution in [0.4, 0.5) is 22.0 Å². The summed E-state index contributed by atoms with van der Waals surface area (Å²) in [7, 11) is 0. The van der Waals surface area contributed by atoms with E-state index in [4.69, 9.17) is 5.26 Å². The minimum Gasteiger partial charge on any atom is -0.234 e. The van der Waals surface area contributed by atoms with Crippen LogP contribution >= 0.6 is 22.6 Å². The Morgan fingerprint density at radius 1 is 1.38 bits per heavy atom. The maximum atomic E-state index is 12.4. The van der Waals surface area contributed by atoms with Crippen LogP contribution in [-0.2, 0) is 6.18 Å². The van der Waals surface area contributed by atoms with Gasteiger partial charge in [-0.05, 0) is 28.7 Å². The molecule has 1 rings (SSSR count). The molecule has 0 unspecified atom stereocenters. The topological polar surface area (TPSA) is 36.7 Å². The smallest absolute Gasteiger partial charge is 0.234 e. The van der Waals surface area contributed by atoms with E-state index in [0.717, 1.165) is 0 Å². The first-order chi connectivity index (χ1) is 7.27. The summed E-state index contributed by atoms with van der Waals surface area (Å²) in [4.78, 5) is 3.02. The van der Waals surface area contributed by atoms with Gasteiger partial charge in [-0.15, -0.1) is 0 Å². The van der Waals surface area contributed by atoms with Crippen molar-refractivity contribution >= 4 is 22.6 Å². The quantitative estimate of drug-likeness (QED) is 0.575. The van der Waals surface area contributed by atoms with Gasteiger partial charge in [-0.25, -0.2) is 13.8 Å². The van der Waals surface area contributed by atoms with E-state index in [1.807, 2.05) is 0 Å². The molecule has 0 saturated carbocycles. The highest BCUT2D eigenvalue weighted by Crippen LogP contribution is 2.36. The summed E-state index contributed by atoms with van der Waals surface area (Å²) in [6.07, 6.45) is -8.28. The second-order valence-electron chi connectivity index (χ2n) is 2.66. The molecule has 0 radical (unpaired) electrons. The molecule has 0 aliphatic carbocycles. The molecule has 0 aliphatic heterocycles. The highest BCUT2D eigenvalue weighted by molar-refractivity contribution is 14.1. The molecule has 0 aromatic carbocycles. The van der Waals surface area contributed by atoms with Gasteiger partial charge in [-0.1, -0.05) is 0 Å². The lowest BCUT2D eigenvalue weighted by atomic mass is 10.1. The van der Waals surface area contributed by atoms with Crippen molar-refractivity contribution < 1.29 is 22.0 Å². The number of nitrogens with zero attached hydrogens (tertiary/aromatic N) is 2. The fourth-order valence-electron chi connectivity index (χ4n) is 0.975. The van der Waals surface area contributed by atoms with Crippen LogP contribution in [-0.4, -0.2) is 4.98 Å². The van der Waals surface area contributed by atoms with Crippen LogP contribution in [0.1, 0.15) is 23.4 Å². The zero-order valence-corrected chi connectivity index (χ0v) is 9.47. The molecule has 1 aromatic heterocycles. The van der Waals surface area contributed by atoms with Gasteiger partial charge in [0.15, 0.2) is 5.69 Å². The lowest BCUT2D eigenvalue weighted by molar-refractivity contribution is -0.140. The SMILES string of the molecule is N#Cc1nc(C(F)F)c(C(F)(F)F)cc1I. The Balaban J connectivity index is 3.50. The Morgan fingerprint density at radius 2 is 1.94 bits per heavy atom. The van der Waals surface area contributed by atoms with Crippen molar-refractivity contribution in [3.63, 3.8) is 0 Å². The molecule has 1 aromatic rings. The summed E-state index contributed by atoms with van der Waals surface area (Å²) in [6.45, 7) is 0. The Morgan fingerprint density at radius 3 is 2.31 bits per heavy atom. The average Bonchev–Trinajstić information content (AvgIpc) is 2.15. The molecule has 16 heavy (non-hydrogen) atoms. The lowest BCUT2D eigenvalue weighted by Crippen LogP contribution is -2.13. The number of pyridine rings is 1. The summed E-state index contributed by atoms with van der Waals surface area (Å²) in [6, 6.07) is 1.94. The Kier molecular flexibility index (Phi) is 3.67. The summed E-state index contributed by atoms with van der Waals surface area (Å²) in [5.74, 6) is 0. The molecule has 0 fully saturated rings. The zero-order valence-electron chi connectivity index (χ0n) is 7.32. The highest BCUT2D eigenvalue weighted by Gasteiger charge is 2.37. The van der Waals surface area contributed by atoms with Crippen LogP contribution < -0.4 is 0 Å². The van der Waals surface area contributed by atoms with Crippen LogP contribution in [0.5, 0.6) is 0 Å². The van der Waals surface area contributed by atoms with Crippen molar-refractivity contribution in [2.75, 3.05) is 0 Å². The number of halogens is 6. The molecule has 1 heterocycles. The molecule has 2 nitrogen and oxygen atoms in total. The van der Waals surface area contributed by atoms with Gasteiger partial charge in [0.25, 0.3) is 6.43 Å². The molecule has 0 N–H and O–H groups in total. The average molecular weight is 348 g/mol. The Bertz CT molecular complexity index is 449. The summed E-state index contributed by atoms with van der Waals surface area (Å²) < 4.78 is 61.6. The van der Waals surface area contributed by atoms with E-state index in [1.54, 1.807) is 0 Å². The number of rotatable bonds is 1. The van der Waals surface area contributed by atoms with E-state index in [9.17, 15) is 22.0 Å². The van der Waals surface area contributed by atoms with Gasteiger partial charge in [-0.2, -0.15) is 18.4 Å². The Labute approximate surface area is 100 Å². The summed E-state index contributed by atoms with van der Waals surface area (Å²) >= 11 is 1.44. The predicted octanol–water partition coefficient (Wildman–Crippen LogP) is 3.51. The molecule has 86 valence electrons. The predicted molar refractivity (Wildman–Crippen MR) is 51.6 cm³/mol. The summed E-state index contributed by atoms with van der Waals surface area (Å²) in [5, 5.41) is 8.47. The van der Waals surface area contributed by atoms with Crippen LogP contribution in [0.15, 0.2) is 6.07 Å². The number of hydrogen-bond acceptors (Lipinski definition) is 2. The molecule has 0 saturated heterocycles. The van der Waals surface area contributed by atoms with Crippen LogP contribution in [0, 0.1) is 14.9 Å². The highest BCUT2D eigenvalue weighted by atomic mass is 127. The zero-order chi connectivity index (χ0) is 12.5. The normalized spacial score (nSPS) is 11.6. The molecule has 0 atom stereocenters. The molecule has 0 amide bonds. The Hall–Kier alpha value is -0.980. The van der Waals surface area contributed by atoms with Gasteiger partial charge >= 0.3 is 6.18 Å². The van der Waals surface area contributed by atoms with Gasteiger partial charge in [0.2, 0.25) is 0 Å². The fraction of sp³-hybridized carbons (Fsp3) is 0.250. The van der Waals surface area contributed by atoms with Gasteiger partial charge in [-0.3, -0.25) is 0 Å². The van der Waals surface area contributed by atoms with E-state index in [1.165, 1.54) is 28.7 Å². The third-order valence-corrected chi connectivity index (χ3v) is 2.45. The van der Waals surface area contributed by atoms with Crippen LogP contribution in [0.25, 0.3) is 0 Å². The standard InChI is InChI=1S/C8H2F5IN2/c9-7(10)6-3(8(11,12)13)1-4(14)5(2-15)16-6/h1,7H. The first-order valence-electron chi connectivity index (χ1n) is 3.73. The molecule has 0 aliphatic rings. The number of aromatic nitrogens is 1. The summed E-state index contributed by atoms with van der Waals surface area (Å²) in [5.41, 5.74) is -3.36. The third-order valence-electron chi connectivity index (χ3n) is 1.62. The largest absolute Gasteiger partial charge is 0.418 e. The van der Waals surface area contributed by atoms with Crippen molar-refractivity contribution in [1.82, 2.24) is 4.98 Å². The fourth-order valence-corrected chi connectivity index (χ4v) is 1.53. The van der Waals surface area contributed by atoms with Gasteiger partial charge in [0.1, 0.15) is 11.8 Å². The van der Waals surface area contributed by atoms with E-state index >= 15 is 0 Å². The van der Waals surface area contributed by atoms with Gasteiger partial charge < -0.3 is 0 Å². The van der Waals surface area contributed by atoms with E-state index in [2.05, 4.69) is 4.98 Å². The van der Waals surface area contributed by atoms with E-state index in [0.29, 0.717) is 6.07 Å². The first-order valence-corrected chi connectivity index (χ1v) is 4.81. The second kappa shape index (κ2) is 4.48. The number of nitriles is 1. The van der Waals surface area contributed by atoms with Gasteiger partial charge in [0.05, 0.1) is 9.13 Å². The van der Waals surface area contributed by atoms with Crippen molar-refractivity contribution in [3.8, 4) is 6.07 Å². The maximum Gasteiger partial charge on any atom is 0.418 e. The molecular formula is C8H2F5IN2. The van der Waals surface area contributed by atoms with Crippen LogP contribution in [0.3, 0.4) is 0 Å². The number of alkyl halides is 5.